The summed E-state index contributed by atoms with van der Waals surface area (Å²) in [6.07, 6.45) is 1.67. The minimum absolute atomic E-state index is 0.0488. The smallest absolute Gasteiger partial charge is 0.240 e. The van der Waals surface area contributed by atoms with E-state index < -0.39 is 10.0 Å². The summed E-state index contributed by atoms with van der Waals surface area (Å²) in [6.45, 7) is 0.0618. The number of aromatic nitrogens is 4. The van der Waals surface area contributed by atoms with Gasteiger partial charge in [-0.1, -0.05) is 11.3 Å². The van der Waals surface area contributed by atoms with Crippen molar-refractivity contribution in [2.24, 2.45) is 0 Å². The Labute approximate surface area is 141 Å². The summed E-state index contributed by atoms with van der Waals surface area (Å²) >= 11 is 1.26. The maximum absolute atomic E-state index is 12.5. The number of carbonyl (C=O) groups excluding carboxylic acids is 1. The van der Waals surface area contributed by atoms with Crippen molar-refractivity contribution in [2.45, 2.75) is 17.9 Å². The van der Waals surface area contributed by atoms with Gasteiger partial charge in [0.2, 0.25) is 20.9 Å². The molecule has 11 heteroatoms. The highest BCUT2D eigenvalue weighted by molar-refractivity contribution is 7.89. The lowest BCUT2D eigenvalue weighted by atomic mass is 10.2. The average molecular weight is 364 g/mol. The lowest BCUT2D eigenvalue weighted by Crippen LogP contribution is -2.23. The first-order chi connectivity index (χ1) is 11.4. The zero-order valence-corrected chi connectivity index (χ0v) is 14.1. The monoisotopic (exact) mass is 364 g/mol. The van der Waals surface area contributed by atoms with Gasteiger partial charge in [0.15, 0.2) is 0 Å². The molecule has 1 N–H and O–H groups in total. The summed E-state index contributed by atoms with van der Waals surface area (Å²) in [4.78, 5) is 14.0. The van der Waals surface area contributed by atoms with Crippen molar-refractivity contribution < 1.29 is 13.2 Å². The topological polar surface area (TPSA) is 110 Å². The van der Waals surface area contributed by atoms with Gasteiger partial charge in [-0.05, 0) is 23.8 Å². The van der Waals surface area contributed by atoms with Crippen LogP contribution in [0.4, 0.5) is 5.69 Å². The predicted octanol–water partition coefficient (Wildman–Crippen LogP) is 0.183. The molecule has 0 bridgehead atoms. The quantitative estimate of drug-likeness (QED) is 0.707. The molecule has 1 aliphatic rings. The first-order valence-electron chi connectivity index (χ1n) is 6.99. The third-order valence-electron chi connectivity index (χ3n) is 3.78. The summed E-state index contributed by atoms with van der Waals surface area (Å²) in [5.41, 5.74) is 1.46. The lowest BCUT2D eigenvalue weighted by molar-refractivity contribution is -0.117. The van der Waals surface area contributed by atoms with E-state index in [1.54, 1.807) is 13.1 Å². The number of hydrogen-bond donors (Lipinski definition) is 1. The maximum Gasteiger partial charge on any atom is 0.240 e. The molecule has 3 aromatic rings. The van der Waals surface area contributed by atoms with Crippen molar-refractivity contribution in [3.63, 3.8) is 0 Å². The second-order valence-electron chi connectivity index (χ2n) is 5.30. The molecule has 2 aromatic heterocycles. The van der Waals surface area contributed by atoms with Crippen molar-refractivity contribution in [1.29, 1.82) is 0 Å². The van der Waals surface area contributed by atoms with Gasteiger partial charge in [0.1, 0.15) is 11.3 Å². The molecular formula is C13H12N6O3S2. The van der Waals surface area contributed by atoms with Crippen LogP contribution in [0.15, 0.2) is 29.4 Å². The van der Waals surface area contributed by atoms with E-state index in [4.69, 9.17) is 0 Å². The van der Waals surface area contributed by atoms with E-state index in [2.05, 4.69) is 20.0 Å². The van der Waals surface area contributed by atoms with Crippen LogP contribution in [0.1, 0.15) is 10.6 Å². The molecule has 0 unspecified atom stereocenters. The van der Waals surface area contributed by atoms with Gasteiger partial charge in [-0.15, -0.1) is 10.2 Å². The van der Waals surface area contributed by atoms with E-state index in [9.17, 15) is 13.2 Å². The maximum atomic E-state index is 12.5. The highest BCUT2D eigenvalue weighted by Crippen LogP contribution is 2.29. The number of hydrogen-bond acceptors (Lipinski definition) is 7. The molecule has 0 fully saturated rings. The highest BCUT2D eigenvalue weighted by Gasteiger charge is 2.26. The number of fused-ring (bicyclic) bond motifs is 2. The van der Waals surface area contributed by atoms with E-state index in [0.717, 1.165) is 5.69 Å². The summed E-state index contributed by atoms with van der Waals surface area (Å²) in [7, 11) is -2.02. The van der Waals surface area contributed by atoms with Crippen molar-refractivity contribution in [3.8, 4) is 0 Å². The Hall–Kier alpha value is -2.37. The Bertz CT molecular complexity index is 1030. The Morgan fingerprint density at radius 1 is 1.38 bits per heavy atom. The number of nitrogens with one attached hydrogen (secondary N) is 1. The SMILES string of the molecule is CN1C(=O)Cc2cc(S(=O)(=O)NCc3nn4cnnc4s3)ccc21. The van der Waals surface area contributed by atoms with Crippen LogP contribution in [0.5, 0.6) is 0 Å². The van der Waals surface area contributed by atoms with Gasteiger partial charge in [-0.25, -0.2) is 13.1 Å². The molecule has 3 heterocycles. The van der Waals surface area contributed by atoms with Crippen molar-refractivity contribution in [2.75, 3.05) is 11.9 Å². The number of likely N-dealkylation sites (N-methyl/N-ethyl adjacent to an activating group) is 1. The van der Waals surface area contributed by atoms with E-state index >= 15 is 0 Å². The van der Waals surface area contributed by atoms with Crippen molar-refractivity contribution >= 4 is 37.9 Å². The van der Waals surface area contributed by atoms with Crippen LogP contribution in [0.3, 0.4) is 0 Å². The highest BCUT2D eigenvalue weighted by atomic mass is 32.2. The molecule has 0 aliphatic carbocycles. The molecule has 124 valence electrons. The molecule has 4 rings (SSSR count). The van der Waals surface area contributed by atoms with Crippen molar-refractivity contribution in [3.05, 3.63) is 35.1 Å². The predicted molar refractivity (Wildman–Crippen MR) is 86.2 cm³/mol. The zero-order valence-electron chi connectivity index (χ0n) is 12.5. The molecule has 0 atom stereocenters. The van der Waals surface area contributed by atoms with Crippen LogP contribution in [0.25, 0.3) is 4.96 Å². The average Bonchev–Trinajstić information content (AvgIpc) is 3.20. The largest absolute Gasteiger partial charge is 0.315 e. The van der Waals surface area contributed by atoms with Gasteiger partial charge in [-0.2, -0.15) is 9.61 Å². The number of sulfonamides is 1. The summed E-state index contributed by atoms with van der Waals surface area (Å²) < 4.78 is 28.9. The molecule has 0 saturated heterocycles. The zero-order chi connectivity index (χ0) is 16.9. The number of carbonyl (C=O) groups is 1. The number of nitrogens with zero attached hydrogens (tertiary/aromatic N) is 5. The minimum Gasteiger partial charge on any atom is -0.315 e. The molecule has 0 spiro atoms. The normalized spacial score (nSPS) is 14.5. The standard InChI is InChI=1S/C13H12N6O3S2/c1-18-10-3-2-9(4-8(10)5-12(18)20)24(21,22)15-6-11-17-19-7-14-16-13(19)23-11/h2-4,7,15H,5-6H2,1H3. The summed E-state index contributed by atoms with van der Waals surface area (Å²) in [5.74, 6) is -0.0488. The number of benzene rings is 1. The first-order valence-corrected chi connectivity index (χ1v) is 9.29. The van der Waals surface area contributed by atoms with Crippen LogP contribution in [0.2, 0.25) is 0 Å². The molecule has 24 heavy (non-hydrogen) atoms. The first kappa shape index (κ1) is 15.2. The molecule has 0 radical (unpaired) electrons. The van der Waals surface area contributed by atoms with Gasteiger partial charge in [0.05, 0.1) is 17.9 Å². The van der Waals surface area contributed by atoms with Gasteiger partial charge in [0.25, 0.3) is 0 Å². The Kier molecular flexibility index (Phi) is 3.37. The number of anilines is 1. The summed E-state index contributed by atoms with van der Waals surface area (Å²) in [5, 5.41) is 12.3. The van der Waals surface area contributed by atoms with Crippen LogP contribution in [0, 0.1) is 0 Å². The molecule has 1 aliphatic heterocycles. The second kappa shape index (κ2) is 5.33. The van der Waals surface area contributed by atoms with Gasteiger partial charge < -0.3 is 4.90 Å². The Morgan fingerprint density at radius 2 is 2.21 bits per heavy atom. The molecular weight excluding hydrogens is 352 g/mol. The van der Waals surface area contributed by atoms with Crippen LogP contribution >= 0.6 is 11.3 Å². The molecule has 0 saturated carbocycles. The third kappa shape index (κ3) is 2.46. The molecule has 1 aromatic carbocycles. The fourth-order valence-corrected chi connectivity index (χ4v) is 4.41. The van der Waals surface area contributed by atoms with E-state index in [1.165, 1.54) is 39.2 Å². The van der Waals surface area contributed by atoms with Gasteiger partial charge in [0, 0.05) is 12.7 Å². The fraction of sp³-hybridized carbons (Fsp3) is 0.231. The number of amides is 1. The molecule has 9 nitrogen and oxygen atoms in total. The third-order valence-corrected chi connectivity index (χ3v) is 6.09. The van der Waals surface area contributed by atoms with Crippen molar-refractivity contribution in [1.82, 2.24) is 24.5 Å². The lowest BCUT2D eigenvalue weighted by Gasteiger charge is -2.11. The molecule has 1 amide bonds. The van der Waals surface area contributed by atoms with E-state index in [-0.39, 0.29) is 23.8 Å². The Morgan fingerprint density at radius 3 is 3.00 bits per heavy atom. The fourth-order valence-electron chi connectivity index (χ4n) is 2.53. The van der Waals surface area contributed by atoms with Gasteiger partial charge in [-0.3, -0.25) is 4.79 Å². The van der Waals surface area contributed by atoms with Crippen LogP contribution < -0.4 is 9.62 Å². The van der Waals surface area contributed by atoms with Crippen LogP contribution in [-0.2, 0) is 27.8 Å². The second-order valence-corrected chi connectivity index (χ2v) is 8.11. The van der Waals surface area contributed by atoms with E-state index in [0.29, 0.717) is 15.5 Å². The number of rotatable bonds is 4. The Balaban J connectivity index is 1.55. The van der Waals surface area contributed by atoms with Gasteiger partial charge >= 0.3 is 0 Å². The summed E-state index contributed by atoms with van der Waals surface area (Å²) in [6, 6.07) is 4.68. The minimum atomic E-state index is -3.69. The van der Waals surface area contributed by atoms with E-state index in [1.807, 2.05) is 0 Å². The van der Waals surface area contributed by atoms with Crippen LogP contribution in [-0.4, -0.2) is 41.2 Å².